The number of nitrogens with one attached hydrogen (secondary N) is 1. The van der Waals surface area contributed by atoms with Crippen LogP contribution in [0.2, 0.25) is 0 Å². The second-order valence-corrected chi connectivity index (χ2v) is 5.67. The lowest BCUT2D eigenvalue weighted by Gasteiger charge is -2.03. The Morgan fingerprint density at radius 3 is 2.70 bits per heavy atom. The summed E-state index contributed by atoms with van der Waals surface area (Å²) in [5, 5.41) is 4.13. The van der Waals surface area contributed by atoms with Gasteiger partial charge in [-0.1, -0.05) is 13.3 Å². The zero-order chi connectivity index (χ0) is 14.4. The molecular weight excluding hydrogens is 275 g/mol. The van der Waals surface area contributed by atoms with Crippen LogP contribution in [0.25, 0.3) is 0 Å². The zero-order valence-electron chi connectivity index (χ0n) is 11.8. The van der Waals surface area contributed by atoms with Crippen molar-refractivity contribution in [1.29, 1.82) is 0 Å². The van der Waals surface area contributed by atoms with E-state index in [2.05, 4.69) is 17.2 Å². The summed E-state index contributed by atoms with van der Waals surface area (Å²) in [4.78, 5) is 5.90. The molecule has 1 heterocycles. The van der Waals surface area contributed by atoms with Crippen molar-refractivity contribution < 1.29 is 9.13 Å². The van der Waals surface area contributed by atoms with Crippen molar-refractivity contribution in [1.82, 2.24) is 10.3 Å². The van der Waals surface area contributed by atoms with Crippen LogP contribution in [0.1, 0.15) is 28.9 Å². The standard InChI is InChI=1S/C15H19FN2OS/c1-3-4-13-14(9-17-2)20-15(18-13)10-19-12-7-5-11(16)6-8-12/h5-8,17H,3-4,9-10H2,1-2H3. The summed E-state index contributed by atoms with van der Waals surface area (Å²) in [5.41, 5.74) is 1.16. The van der Waals surface area contributed by atoms with E-state index in [0.29, 0.717) is 12.4 Å². The van der Waals surface area contributed by atoms with Crippen LogP contribution in [-0.2, 0) is 19.6 Å². The molecule has 0 radical (unpaired) electrons. The molecule has 0 aliphatic carbocycles. The summed E-state index contributed by atoms with van der Waals surface area (Å²) in [6.07, 6.45) is 2.07. The molecule has 0 fully saturated rings. The van der Waals surface area contributed by atoms with Crippen LogP contribution in [0.5, 0.6) is 5.75 Å². The maximum absolute atomic E-state index is 12.8. The van der Waals surface area contributed by atoms with Gasteiger partial charge in [0.15, 0.2) is 0 Å². The summed E-state index contributed by atoms with van der Waals surface area (Å²) in [6, 6.07) is 6.05. The summed E-state index contributed by atoms with van der Waals surface area (Å²) < 4.78 is 18.4. The first-order valence-corrected chi connectivity index (χ1v) is 7.55. The monoisotopic (exact) mass is 294 g/mol. The van der Waals surface area contributed by atoms with Gasteiger partial charge in [0.25, 0.3) is 0 Å². The molecule has 108 valence electrons. The molecule has 1 aromatic carbocycles. The second kappa shape index (κ2) is 7.36. The van der Waals surface area contributed by atoms with E-state index in [0.717, 1.165) is 30.1 Å². The van der Waals surface area contributed by atoms with Crippen LogP contribution >= 0.6 is 11.3 Å². The number of ether oxygens (including phenoxy) is 1. The van der Waals surface area contributed by atoms with E-state index in [4.69, 9.17) is 4.74 Å². The molecule has 20 heavy (non-hydrogen) atoms. The van der Waals surface area contributed by atoms with Crippen molar-refractivity contribution in [3.8, 4) is 5.75 Å². The van der Waals surface area contributed by atoms with E-state index in [1.165, 1.54) is 17.0 Å². The van der Waals surface area contributed by atoms with Gasteiger partial charge >= 0.3 is 0 Å². The van der Waals surface area contributed by atoms with Crippen LogP contribution in [0, 0.1) is 5.82 Å². The Bertz CT molecular complexity index is 516. The Kier molecular flexibility index (Phi) is 5.49. The zero-order valence-corrected chi connectivity index (χ0v) is 12.6. The number of benzene rings is 1. The first kappa shape index (κ1) is 14.9. The molecule has 0 saturated carbocycles. The summed E-state index contributed by atoms with van der Waals surface area (Å²) >= 11 is 1.67. The third-order valence-electron chi connectivity index (χ3n) is 2.82. The molecule has 0 atom stereocenters. The van der Waals surface area contributed by atoms with Crippen LogP contribution in [-0.4, -0.2) is 12.0 Å². The van der Waals surface area contributed by atoms with Gasteiger partial charge in [-0.15, -0.1) is 11.3 Å². The first-order valence-electron chi connectivity index (χ1n) is 6.73. The number of rotatable bonds is 7. The molecule has 0 unspecified atom stereocenters. The Hall–Kier alpha value is -1.46. The molecule has 0 spiro atoms. The molecule has 2 rings (SSSR count). The van der Waals surface area contributed by atoms with Gasteiger partial charge in [0.2, 0.25) is 0 Å². The maximum atomic E-state index is 12.8. The fourth-order valence-electron chi connectivity index (χ4n) is 1.91. The van der Waals surface area contributed by atoms with Crippen molar-refractivity contribution in [2.24, 2.45) is 0 Å². The van der Waals surface area contributed by atoms with E-state index in [9.17, 15) is 4.39 Å². The van der Waals surface area contributed by atoms with Gasteiger partial charge in [-0.25, -0.2) is 9.37 Å². The molecule has 3 nitrogen and oxygen atoms in total. The summed E-state index contributed by atoms with van der Waals surface area (Å²) in [6.45, 7) is 3.41. The minimum Gasteiger partial charge on any atom is -0.486 e. The maximum Gasteiger partial charge on any atom is 0.140 e. The lowest BCUT2D eigenvalue weighted by Crippen LogP contribution is -2.05. The number of hydrogen-bond donors (Lipinski definition) is 1. The predicted octanol–water partition coefficient (Wildman–Crippen LogP) is 3.53. The molecule has 0 bridgehead atoms. The fourth-order valence-corrected chi connectivity index (χ4v) is 2.95. The van der Waals surface area contributed by atoms with E-state index in [1.807, 2.05) is 7.05 Å². The summed E-state index contributed by atoms with van der Waals surface area (Å²) in [7, 11) is 1.93. The van der Waals surface area contributed by atoms with E-state index >= 15 is 0 Å². The molecule has 0 aliphatic rings. The number of halogens is 1. The van der Waals surface area contributed by atoms with Crippen molar-refractivity contribution in [2.75, 3.05) is 7.05 Å². The number of aromatic nitrogens is 1. The highest BCUT2D eigenvalue weighted by Gasteiger charge is 2.10. The molecular formula is C15H19FN2OS. The average molecular weight is 294 g/mol. The normalized spacial score (nSPS) is 10.8. The largest absolute Gasteiger partial charge is 0.486 e. The molecule has 0 saturated heterocycles. The van der Waals surface area contributed by atoms with Crippen molar-refractivity contribution in [3.63, 3.8) is 0 Å². The van der Waals surface area contributed by atoms with Crippen LogP contribution in [0.15, 0.2) is 24.3 Å². The number of thiazole rings is 1. The highest BCUT2D eigenvalue weighted by atomic mass is 32.1. The van der Waals surface area contributed by atoms with Crippen LogP contribution in [0.3, 0.4) is 0 Å². The highest BCUT2D eigenvalue weighted by Crippen LogP contribution is 2.22. The number of aryl methyl sites for hydroxylation is 1. The van der Waals surface area contributed by atoms with Gasteiger partial charge in [0.05, 0.1) is 5.69 Å². The van der Waals surface area contributed by atoms with Crippen molar-refractivity contribution in [3.05, 3.63) is 45.7 Å². The molecule has 0 amide bonds. The minimum absolute atomic E-state index is 0.256. The fraction of sp³-hybridized carbons (Fsp3) is 0.400. The lowest BCUT2D eigenvalue weighted by atomic mass is 10.2. The molecule has 5 heteroatoms. The van der Waals surface area contributed by atoms with Gasteiger partial charge in [0.1, 0.15) is 23.2 Å². The highest BCUT2D eigenvalue weighted by molar-refractivity contribution is 7.11. The number of nitrogens with zero attached hydrogens (tertiary/aromatic N) is 1. The third-order valence-corrected chi connectivity index (χ3v) is 3.89. The van der Waals surface area contributed by atoms with Gasteiger partial charge in [-0.05, 0) is 37.7 Å². The second-order valence-electron chi connectivity index (χ2n) is 4.50. The third kappa shape index (κ3) is 4.02. The predicted molar refractivity (Wildman–Crippen MR) is 79.6 cm³/mol. The van der Waals surface area contributed by atoms with E-state index in [1.54, 1.807) is 23.5 Å². The van der Waals surface area contributed by atoms with Gasteiger partial charge in [0, 0.05) is 11.4 Å². The summed E-state index contributed by atoms with van der Waals surface area (Å²) in [5.74, 6) is 0.405. The van der Waals surface area contributed by atoms with Gasteiger partial charge in [-0.3, -0.25) is 0 Å². The van der Waals surface area contributed by atoms with Crippen LogP contribution in [0.4, 0.5) is 4.39 Å². The molecule has 2 aromatic rings. The Morgan fingerprint density at radius 1 is 1.30 bits per heavy atom. The lowest BCUT2D eigenvalue weighted by molar-refractivity contribution is 0.305. The van der Waals surface area contributed by atoms with Gasteiger partial charge < -0.3 is 10.1 Å². The SMILES string of the molecule is CCCc1nc(COc2ccc(F)cc2)sc1CNC. The van der Waals surface area contributed by atoms with E-state index in [-0.39, 0.29) is 5.82 Å². The Morgan fingerprint density at radius 2 is 2.05 bits per heavy atom. The van der Waals surface area contributed by atoms with Crippen molar-refractivity contribution >= 4 is 11.3 Å². The van der Waals surface area contributed by atoms with Gasteiger partial charge in [-0.2, -0.15) is 0 Å². The molecule has 1 aromatic heterocycles. The number of hydrogen-bond acceptors (Lipinski definition) is 4. The Balaban J connectivity index is 2.01. The van der Waals surface area contributed by atoms with Crippen molar-refractivity contribution in [2.45, 2.75) is 32.9 Å². The van der Waals surface area contributed by atoms with E-state index < -0.39 is 0 Å². The topological polar surface area (TPSA) is 34.1 Å². The van der Waals surface area contributed by atoms with Crippen LogP contribution < -0.4 is 10.1 Å². The molecule has 0 aliphatic heterocycles. The molecule has 1 N–H and O–H groups in total. The quantitative estimate of drug-likeness (QED) is 0.848. The smallest absolute Gasteiger partial charge is 0.140 e. The minimum atomic E-state index is -0.256. The average Bonchev–Trinajstić information content (AvgIpc) is 2.82. The Labute approximate surface area is 122 Å². The first-order chi connectivity index (χ1) is 9.72.